The van der Waals surface area contributed by atoms with Crippen LogP contribution in [0.2, 0.25) is 0 Å². The van der Waals surface area contributed by atoms with E-state index in [0.29, 0.717) is 24.4 Å². The Balaban J connectivity index is 0.00000176. The Kier molecular flexibility index (Phi) is 6.30. The van der Waals surface area contributed by atoms with E-state index < -0.39 is 0 Å². The molecule has 0 radical (unpaired) electrons. The van der Waals surface area contributed by atoms with Crippen LogP contribution in [-0.4, -0.2) is 11.9 Å². The molecule has 3 nitrogen and oxygen atoms in total. The van der Waals surface area contributed by atoms with Gasteiger partial charge in [-0.2, -0.15) is 0 Å². The molecule has 2 aliphatic carbocycles. The van der Waals surface area contributed by atoms with E-state index >= 15 is 0 Å². The average Bonchev–Trinajstić information content (AvgIpc) is 2.46. The zero-order chi connectivity index (χ0) is 14.8. The van der Waals surface area contributed by atoms with Gasteiger partial charge in [0.2, 0.25) is 5.91 Å². The fourth-order valence-electron chi connectivity index (χ4n) is 3.97. The first kappa shape index (κ1) is 17.8. The molecule has 1 aromatic rings. The number of hydrogen-bond donors (Lipinski definition) is 2. The second kappa shape index (κ2) is 7.80. The Morgan fingerprint density at radius 2 is 1.86 bits per heavy atom. The van der Waals surface area contributed by atoms with Gasteiger partial charge in [0.15, 0.2) is 0 Å². The molecule has 5 heteroatoms. The van der Waals surface area contributed by atoms with Crippen molar-refractivity contribution in [1.29, 1.82) is 0 Å². The molecule has 2 aliphatic rings. The van der Waals surface area contributed by atoms with Gasteiger partial charge in [-0.15, -0.1) is 12.4 Å². The zero-order valence-electron chi connectivity index (χ0n) is 12.6. The van der Waals surface area contributed by atoms with E-state index in [1.165, 1.54) is 19.3 Å². The lowest BCUT2D eigenvalue weighted by molar-refractivity contribution is -0.128. The standard InChI is InChI=1S/C17H23BrN2O.ClH/c18-15-7-2-1-4-13(15)10-20-17(21)14-8-11-5-3-6-12(9-14)16(11)19;/h1-2,4,7,11-12,14,16H,3,5-6,8-10,19H2,(H,20,21);1H. The third-order valence-electron chi connectivity index (χ3n) is 5.19. The highest BCUT2D eigenvalue weighted by molar-refractivity contribution is 9.10. The van der Waals surface area contributed by atoms with Gasteiger partial charge in [0.1, 0.15) is 0 Å². The number of rotatable bonds is 3. The molecule has 2 fully saturated rings. The number of hydrogen-bond acceptors (Lipinski definition) is 2. The van der Waals surface area contributed by atoms with Crippen molar-refractivity contribution in [3.63, 3.8) is 0 Å². The van der Waals surface area contributed by atoms with Gasteiger partial charge in [-0.05, 0) is 49.1 Å². The molecule has 0 saturated heterocycles. The number of amides is 1. The van der Waals surface area contributed by atoms with Crippen LogP contribution in [0.5, 0.6) is 0 Å². The Hall–Kier alpha value is -0.580. The summed E-state index contributed by atoms with van der Waals surface area (Å²) in [7, 11) is 0. The van der Waals surface area contributed by atoms with Crippen molar-refractivity contribution in [3.05, 3.63) is 34.3 Å². The molecule has 122 valence electrons. The summed E-state index contributed by atoms with van der Waals surface area (Å²) in [5, 5.41) is 3.10. The average molecular weight is 388 g/mol. The minimum atomic E-state index is 0. The minimum Gasteiger partial charge on any atom is -0.352 e. The maximum absolute atomic E-state index is 12.5. The molecular formula is C17H24BrClN2O. The van der Waals surface area contributed by atoms with Gasteiger partial charge in [-0.3, -0.25) is 4.79 Å². The van der Waals surface area contributed by atoms with Crippen molar-refractivity contribution in [2.45, 2.75) is 44.7 Å². The molecule has 1 amide bonds. The van der Waals surface area contributed by atoms with E-state index in [1.807, 2.05) is 24.3 Å². The SMILES string of the molecule is Cl.NC1C2CCCC1CC(C(=O)NCc1ccccc1Br)C2. The van der Waals surface area contributed by atoms with E-state index in [2.05, 4.69) is 21.2 Å². The summed E-state index contributed by atoms with van der Waals surface area (Å²) in [5.41, 5.74) is 7.42. The predicted octanol–water partition coefficient (Wildman–Crippen LogP) is 3.64. The van der Waals surface area contributed by atoms with E-state index in [4.69, 9.17) is 5.73 Å². The van der Waals surface area contributed by atoms with Crippen LogP contribution in [0.4, 0.5) is 0 Å². The van der Waals surface area contributed by atoms with Gasteiger partial charge in [-0.25, -0.2) is 0 Å². The smallest absolute Gasteiger partial charge is 0.223 e. The van der Waals surface area contributed by atoms with Crippen molar-refractivity contribution in [3.8, 4) is 0 Å². The van der Waals surface area contributed by atoms with Crippen LogP contribution >= 0.6 is 28.3 Å². The molecule has 0 aliphatic heterocycles. The number of fused-ring (bicyclic) bond motifs is 2. The predicted molar refractivity (Wildman–Crippen MR) is 94.8 cm³/mol. The number of nitrogens with two attached hydrogens (primary N) is 1. The summed E-state index contributed by atoms with van der Waals surface area (Å²) in [6.07, 6.45) is 5.63. The van der Waals surface area contributed by atoms with Gasteiger partial charge >= 0.3 is 0 Å². The van der Waals surface area contributed by atoms with E-state index in [9.17, 15) is 4.79 Å². The third kappa shape index (κ3) is 3.84. The summed E-state index contributed by atoms with van der Waals surface area (Å²) in [5.74, 6) is 1.46. The van der Waals surface area contributed by atoms with Crippen LogP contribution in [0, 0.1) is 17.8 Å². The molecule has 3 rings (SSSR count). The van der Waals surface area contributed by atoms with E-state index in [0.717, 1.165) is 22.9 Å². The fraction of sp³-hybridized carbons (Fsp3) is 0.588. The Labute approximate surface area is 147 Å². The monoisotopic (exact) mass is 386 g/mol. The topological polar surface area (TPSA) is 55.1 Å². The molecule has 2 unspecified atom stereocenters. The van der Waals surface area contributed by atoms with Crippen LogP contribution in [-0.2, 0) is 11.3 Å². The lowest BCUT2D eigenvalue weighted by atomic mass is 9.65. The van der Waals surface area contributed by atoms with Gasteiger partial charge in [0.05, 0.1) is 0 Å². The molecule has 1 aromatic carbocycles. The van der Waals surface area contributed by atoms with Crippen molar-refractivity contribution in [2.75, 3.05) is 0 Å². The zero-order valence-corrected chi connectivity index (χ0v) is 15.0. The van der Waals surface area contributed by atoms with Crippen molar-refractivity contribution in [2.24, 2.45) is 23.5 Å². The van der Waals surface area contributed by atoms with Gasteiger partial charge < -0.3 is 11.1 Å². The highest BCUT2D eigenvalue weighted by atomic mass is 79.9. The van der Waals surface area contributed by atoms with Crippen molar-refractivity contribution >= 4 is 34.2 Å². The molecule has 0 heterocycles. The molecule has 2 saturated carbocycles. The molecular weight excluding hydrogens is 364 g/mol. The molecule has 2 atom stereocenters. The number of benzene rings is 1. The number of carbonyl (C=O) groups is 1. The number of nitrogens with one attached hydrogen (secondary N) is 1. The highest BCUT2D eigenvalue weighted by Gasteiger charge is 2.40. The summed E-state index contributed by atoms with van der Waals surface area (Å²) < 4.78 is 1.05. The Morgan fingerprint density at radius 3 is 2.50 bits per heavy atom. The first-order valence-electron chi connectivity index (χ1n) is 7.92. The van der Waals surface area contributed by atoms with E-state index in [-0.39, 0.29) is 24.2 Å². The molecule has 3 N–H and O–H groups in total. The van der Waals surface area contributed by atoms with Crippen LogP contribution in [0.25, 0.3) is 0 Å². The van der Waals surface area contributed by atoms with Crippen LogP contribution < -0.4 is 11.1 Å². The Morgan fingerprint density at radius 1 is 1.23 bits per heavy atom. The first-order valence-corrected chi connectivity index (χ1v) is 8.71. The quantitative estimate of drug-likeness (QED) is 0.832. The Bertz CT molecular complexity index is 511. The molecule has 0 aromatic heterocycles. The van der Waals surface area contributed by atoms with Crippen molar-refractivity contribution < 1.29 is 4.79 Å². The van der Waals surface area contributed by atoms with Crippen LogP contribution in [0.15, 0.2) is 28.7 Å². The summed E-state index contributed by atoms with van der Waals surface area (Å²) in [6.45, 7) is 0.595. The second-order valence-electron chi connectivity index (χ2n) is 6.51. The van der Waals surface area contributed by atoms with Gasteiger partial charge in [-0.1, -0.05) is 40.5 Å². The summed E-state index contributed by atoms with van der Waals surface area (Å²) >= 11 is 3.52. The van der Waals surface area contributed by atoms with Crippen LogP contribution in [0.3, 0.4) is 0 Å². The van der Waals surface area contributed by atoms with Crippen molar-refractivity contribution in [1.82, 2.24) is 5.32 Å². The normalized spacial score (nSPS) is 30.3. The lowest BCUT2D eigenvalue weighted by Gasteiger charge is -2.43. The summed E-state index contributed by atoms with van der Waals surface area (Å²) in [4.78, 5) is 12.5. The number of halogens is 2. The largest absolute Gasteiger partial charge is 0.352 e. The lowest BCUT2D eigenvalue weighted by Crippen LogP contribution is -2.49. The van der Waals surface area contributed by atoms with Gasteiger partial charge in [0, 0.05) is 23.0 Å². The molecule has 2 bridgehead atoms. The maximum Gasteiger partial charge on any atom is 0.223 e. The maximum atomic E-state index is 12.5. The number of carbonyl (C=O) groups excluding carboxylic acids is 1. The third-order valence-corrected chi connectivity index (χ3v) is 5.97. The fourth-order valence-corrected chi connectivity index (χ4v) is 4.40. The van der Waals surface area contributed by atoms with Gasteiger partial charge in [0.25, 0.3) is 0 Å². The highest BCUT2D eigenvalue weighted by Crippen LogP contribution is 2.41. The van der Waals surface area contributed by atoms with E-state index in [1.54, 1.807) is 0 Å². The first-order chi connectivity index (χ1) is 10.1. The van der Waals surface area contributed by atoms with Crippen LogP contribution in [0.1, 0.15) is 37.7 Å². The minimum absolute atomic E-state index is 0. The second-order valence-corrected chi connectivity index (χ2v) is 7.36. The molecule has 0 spiro atoms. The molecule has 22 heavy (non-hydrogen) atoms. The summed E-state index contributed by atoms with van der Waals surface area (Å²) in [6, 6.07) is 8.35.